The zero-order chi connectivity index (χ0) is 9.14. The number of hydrogen-bond donors (Lipinski definition) is 0. The largest absolute Gasteiger partial charge is 0.332 e. The molecule has 0 aromatic heterocycles. The summed E-state index contributed by atoms with van der Waals surface area (Å²) in [5.41, 5.74) is 0.348. The van der Waals surface area contributed by atoms with Crippen LogP contribution in [0.25, 0.3) is 0 Å². The van der Waals surface area contributed by atoms with Gasteiger partial charge in [-0.05, 0) is 12.1 Å². The van der Waals surface area contributed by atoms with Crippen LogP contribution in [0.4, 0.5) is 5.69 Å². The third-order valence-corrected chi connectivity index (χ3v) is 1.40. The van der Waals surface area contributed by atoms with E-state index in [1.54, 1.807) is 0 Å². The molecule has 66 valence electrons. The molecule has 0 unspecified atom stereocenters. The Morgan fingerprint density at radius 3 is 2.08 bits per heavy atom. The number of nitro groups is 1. The van der Waals surface area contributed by atoms with Crippen LogP contribution in [0.5, 0.6) is 0 Å². The summed E-state index contributed by atoms with van der Waals surface area (Å²) >= 11 is 0. The Bertz CT molecular complexity index is 288. The summed E-state index contributed by atoms with van der Waals surface area (Å²) in [6.07, 6.45) is 0. The zero-order valence-electron chi connectivity index (χ0n) is 6.69. The molecule has 0 atom stereocenters. The molecule has 1 aromatic carbocycles. The third kappa shape index (κ3) is 3.21. The van der Waals surface area contributed by atoms with Gasteiger partial charge in [0.15, 0.2) is 0 Å². The predicted octanol–water partition coefficient (Wildman–Crippen LogP) is 1.61. The average molecular weight is 402 g/mol. The maximum Gasteiger partial charge on any atom is 0.266 e. The molecule has 0 saturated carbocycles. The maximum absolute atomic E-state index is 10.6. The van der Waals surface area contributed by atoms with Crippen molar-refractivity contribution in [3.05, 3.63) is 46.9 Å². The van der Waals surface area contributed by atoms with Crippen LogP contribution in [0.1, 0.15) is 10.4 Å². The van der Waals surface area contributed by atoms with E-state index in [9.17, 15) is 14.9 Å². The van der Waals surface area contributed by atoms with E-state index in [2.05, 4.69) is 6.92 Å². The number of benzene rings is 1. The van der Waals surface area contributed by atoms with E-state index in [4.69, 9.17) is 0 Å². The van der Waals surface area contributed by atoms with Gasteiger partial charge in [0.1, 0.15) is 0 Å². The molecule has 0 aliphatic carbocycles. The molecule has 13 heavy (non-hydrogen) atoms. The molecule has 1 aromatic rings. The summed E-state index contributed by atoms with van der Waals surface area (Å²) in [5.74, 6) is -0.343. The summed E-state index contributed by atoms with van der Waals surface area (Å²) in [4.78, 5) is 20.3. The number of rotatable bonds is 2. The SMILES string of the molecule is [CH2-]C(=O)c1ccc([N+](=O)[O-])cc1.[U]. The van der Waals surface area contributed by atoms with E-state index < -0.39 is 4.92 Å². The van der Waals surface area contributed by atoms with Crippen LogP contribution in [-0.2, 0) is 0 Å². The van der Waals surface area contributed by atoms with Crippen molar-refractivity contribution in [3.8, 4) is 0 Å². The van der Waals surface area contributed by atoms with E-state index in [0.29, 0.717) is 5.56 Å². The van der Waals surface area contributed by atoms with Crippen molar-refractivity contribution in [2.75, 3.05) is 0 Å². The fourth-order valence-corrected chi connectivity index (χ4v) is 0.769. The zero-order valence-corrected chi connectivity index (χ0v) is 10.9. The molecule has 0 spiro atoms. The Morgan fingerprint density at radius 2 is 1.77 bits per heavy atom. The molecule has 0 aliphatic rings. The van der Waals surface area contributed by atoms with Gasteiger partial charge in [-0.2, -0.15) is 6.92 Å². The number of carbonyl (C=O) groups excluding carboxylic acids is 1. The molecule has 0 amide bonds. The van der Waals surface area contributed by atoms with E-state index in [1.807, 2.05) is 0 Å². The Balaban J connectivity index is 0.00000144. The van der Waals surface area contributed by atoms with Crippen LogP contribution < -0.4 is 0 Å². The first kappa shape index (κ1) is 12.2. The first-order valence-corrected chi connectivity index (χ1v) is 3.22. The van der Waals surface area contributed by atoms with Gasteiger partial charge in [0, 0.05) is 36.9 Å². The van der Waals surface area contributed by atoms with Crippen molar-refractivity contribution in [2.24, 2.45) is 0 Å². The molecule has 1 rings (SSSR count). The minimum atomic E-state index is -0.517. The predicted molar refractivity (Wildman–Crippen MR) is 42.8 cm³/mol. The summed E-state index contributed by atoms with van der Waals surface area (Å²) in [7, 11) is 0. The van der Waals surface area contributed by atoms with E-state index in [1.165, 1.54) is 24.3 Å². The van der Waals surface area contributed by atoms with Gasteiger partial charge in [-0.25, -0.2) is 0 Å². The molecule has 0 saturated heterocycles. The van der Waals surface area contributed by atoms with E-state index in [-0.39, 0.29) is 42.6 Å². The van der Waals surface area contributed by atoms with Crippen LogP contribution in [-0.4, -0.2) is 10.7 Å². The van der Waals surface area contributed by atoms with Crippen molar-refractivity contribution in [2.45, 2.75) is 0 Å². The molecule has 0 radical (unpaired) electrons. The minimum absolute atomic E-state index is 0. The smallest absolute Gasteiger partial charge is 0.266 e. The molecule has 0 aliphatic heterocycles. The summed E-state index contributed by atoms with van der Waals surface area (Å²) in [5, 5.41) is 10.2. The second-order valence-electron chi connectivity index (χ2n) is 2.23. The van der Waals surface area contributed by atoms with Crippen molar-refractivity contribution >= 4 is 11.5 Å². The number of ketones is 1. The number of nitro benzene ring substituents is 1. The Labute approximate surface area is 98.9 Å². The molecule has 0 bridgehead atoms. The topological polar surface area (TPSA) is 60.2 Å². The monoisotopic (exact) mass is 402 g/mol. The summed E-state index contributed by atoms with van der Waals surface area (Å²) < 4.78 is 0. The van der Waals surface area contributed by atoms with Gasteiger partial charge < -0.3 is 4.79 Å². The third-order valence-electron chi connectivity index (χ3n) is 1.40. The van der Waals surface area contributed by atoms with Crippen LogP contribution in [0.3, 0.4) is 0 Å². The van der Waals surface area contributed by atoms with Crippen molar-refractivity contribution in [3.63, 3.8) is 0 Å². The molecule has 0 heterocycles. The van der Waals surface area contributed by atoms with E-state index in [0.717, 1.165) is 0 Å². The number of carbonyl (C=O) groups is 1. The van der Waals surface area contributed by atoms with Gasteiger partial charge in [0.05, 0.1) is 4.92 Å². The first-order valence-electron chi connectivity index (χ1n) is 3.22. The van der Waals surface area contributed by atoms with Gasteiger partial charge in [0.25, 0.3) is 5.69 Å². The second-order valence-corrected chi connectivity index (χ2v) is 2.23. The second kappa shape index (κ2) is 5.05. The minimum Gasteiger partial charge on any atom is -0.332 e. The van der Waals surface area contributed by atoms with Crippen LogP contribution in [0.2, 0.25) is 0 Å². The first-order chi connectivity index (χ1) is 5.61. The van der Waals surface area contributed by atoms with Gasteiger partial charge in [0.2, 0.25) is 0 Å². The fraction of sp³-hybridized carbons (Fsp3) is 0. The number of nitrogens with zero attached hydrogens (tertiary/aromatic N) is 1. The maximum atomic E-state index is 10.6. The summed E-state index contributed by atoms with van der Waals surface area (Å²) in [6.45, 7) is 3.17. The summed E-state index contributed by atoms with van der Waals surface area (Å²) in [6, 6.07) is 5.32. The average Bonchev–Trinajstić information content (AvgIpc) is 2.04. The van der Waals surface area contributed by atoms with Crippen molar-refractivity contribution < 1.29 is 40.8 Å². The quantitative estimate of drug-likeness (QED) is 0.327. The van der Waals surface area contributed by atoms with Gasteiger partial charge >= 0.3 is 0 Å². The molecule has 0 fully saturated rings. The van der Waals surface area contributed by atoms with Crippen LogP contribution in [0, 0.1) is 48.2 Å². The molecular formula is C8H6NO3U-. The molecule has 0 N–H and O–H groups in total. The Morgan fingerprint density at radius 1 is 1.31 bits per heavy atom. The molecule has 4 nitrogen and oxygen atoms in total. The Kier molecular flexibility index (Phi) is 4.75. The van der Waals surface area contributed by atoms with Gasteiger partial charge in [-0.15, -0.1) is 17.7 Å². The molecular weight excluding hydrogens is 396 g/mol. The molecule has 5 heteroatoms. The van der Waals surface area contributed by atoms with Gasteiger partial charge in [-0.1, -0.05) is 0 Å². The number of non-ortho nitro benzene ring substituents is 1. The Hall–Kier alpha value is -0.788. The van der Waals surface area contributed by atoms with Crippen LogP contribution in [0.15, 0.2) is 24.3 Å². The van der Waals surface area contributed by atoms with Crippen molar-refractivity contribution in [1.29, 1.82) is 0 Å². The standard InChI is InChI=1S/C8H6NO3.U/c1-6(10)7-2-4-8(5-3-7)9(11)12;/h2-5H,1H2;/q-1;. The normalized spacial score (nSPS) is 8.62. The van der Waals surface area contributed by atoms with Crippen LogP contribution >= 0.6 is 0 Å². The fourth-order valence-electron chi connectivity index (χ4n) is 0.769. The van der Waals surface area contributed by atoms with Crippen molar-refractivity contribution in [1.82, 2.24) is 0 Å². The van der Waals surface area contributed by atoms with E-state index >= 15 is 0 Å². The van der Waals surface area contributed by atoms with Gasteiger partial charge in [-0.3, -0.25) is 10.1 Å². The number of Topliss-reactive ketones (excluding diaryl/α,β-unsaturated/α-hetero) is 1. The number of hydrogen-bond acceptors (Lipinski definition) is 3.